The van der Waals surface area contributed by atoms with E-state index < -0.39 is 0 Å². The SMILES string of the molecule is Cc1ccc(N)c(SCCc2ccncc2)c1. The molecule has 0 saturated carbocycles. The second-order valence-corrected chi connectivity index (χ2v) is 5.13. The Labute approximate surface area is 106 Å². The molecule has 0 saturated heterocycles. The van der Waals surface area contributed by atoms with Crippen molar-refractivity contribution in [1.82, 2.24) is 4.98 Å². The van der Waals surface area contributed by atoms with Gasteiger partial charge >= 0.3 is 0 Å². The molecule has 1 heterocycles. The minimum absolute atomic E-state index is 0.871. The molecule has 0 fully saturated rings. The molecular formula is C14H16N2S. The predicted octanol–water partition coefficient (Wildman–Crippen LogP) is 3.31. The number of anilines is 1. The third-order valence-electron chi connectivity index (χ3n) is 2.57. The topological polar surface area (TPSA) is 38.9 Å². The highest BCUT2D eigenvalue weighted by atomic mass is 32.2. The van der Waals surface area contributed by atoms with Gasteiger partial charge in [-0.3, -0.25) is 4.98 Å². The summed E-state index contributed by atoms with van der Waals surface area (Å²) in [6.07, 6.45) is 4.71. The van der Waals surface area contributed by atoms with Crippen LogP contribution in [0.5, 0.6) is 0 Å². The van der Waals surface area contributed by atoms with E-state index in [1.807, 2.05) is 36.3 Å². The Morgan fingerprint density at radius 2 is 1.94 bits per heavy atom. The summed E-state index contributed by atoms with van der Waals surface area (Å²) < 4.78 is 0. The molecule has 88 valence electrons. The maximum atomic E-state index is 5.94. The van der Waals surface area contributed by atoms with Crippen molar-refractivity contribution in [2.75, 3.05) is 11.5 Å². The molecule has 2 aromatic rings. The monoisotopic (exact) mass is 244 g/mol. The lowest BCUT2D eigenvalue weighted by Gasteiger charge is -2.06. The molecule has 0 unspecified atom stereocenters. The van der Waals surface area contributed by atoms with Crippen LogP contribution in [-0.2, 0) is 6.42 Å². The molecule has 3 heteroatoms. The molecule has 0 aliphatic rings. The maximum absolute atomic E-state index is 5.94. The fourth-order valence-corrected chi connectivity index (χ4v) is 2.66. The number of thioether (sulfide) groups is 1. The maximum Gasteiger partial charge on any atom is 0.0452 e. The van der Waals surface area contributed by atoms with Crippen molar-refractivity contribution in [3.05, 3.63) is 53.9 Å². The van der Waals surface area contributed by atoms with E-state index in [0.717, 1.165) is 17.9 Å². The summed E-state index contributed by atoms with van der Waals surface area (Å²) in [5.41, 5.74) is 9.38. The van der Waals surface area contributed by atoms with Gasteiger partial charge < -0.3 is 5.73 Å². The molecule has 1 aromatic heterocycles. The molecule has 0 aliphatic heterocycles. The number of nitrogen functional groups attached to an aromatic ring is 1. The van der Waals surface area contributed by atoms with Crippen LogP contribution < -0.4 is 5.73 Å². The molecule has 0 bridgehead atoms. The van der Waals surface area contributed by atoms with Gasteiger partial charge in [0, 0.05) is 28.7 Å². The summed E-state index contributed by atoms with van der Waals surface area (Å²) in [6.45, 7) is 2.09. The average Bonchev–Trinajstić information content (AvgIpc) is 2.35. The summed E-state index contributed by atoms with van der Waals surface area (Å²) in [6, 6.07) is 10.3. The first-order chi connectivity index (χ1) is 8.25. The molecule has 0 amide bonds. The van der Waals surface area contributed by atoms with Gasteiger partial charge in [-0.05, 0) is 48.7 Å². The highest BCUT2D eigenvalue weighted by Gasteiger charge is 2.00. The minimum Gasteiger partial charge on any atom is -0.398 e. The number of hydrogen-bond donors (Lipinski definition) is 1. The number of rotatable bonds is 4. The van der Waals surface area contributed by atoms with Crippen molar-refractivity contribution in [3.63, 3.8) is 0 Å². The van der Waals surface area contributed by atoms with Crippen molar-refractivity contribution in [1.29, 1.82) is 0 Å². The number of pyridine rings is 1. The van der Waals surface area contributed by atoms with Crippen molar-refractivity contribution < 1.29 is 0 Å². The Hall–Kier alpha value is -1.48. The molecule has 0 atom stereocenters. The number of nitrogens with two attached hydrogens (primary N) is 1. The van der Waals surface area contributed by atoms with E-state index in [1.54, 1.807) is 0 Å². The van der Waals surface area contributed by atoms with E-state index in [2.05, 4.69) is 30.1 Å². The standard InChI is InChI=1S/C14H16N2S/c1-11-2-3-13(15)14(10-11)17-9-6-12-4-7-16-8-5-12/h2-5,7-8,10H,6,9,15H2,1H3. The predicted molar refractivity (Wildman–Crippen MR) is 74.3 cm³/mol. The van der Waals surface area contributed by atoms with E-state index in [0.29, 0.717) is 0 Å². The van der Waals surface area contributed by atoms with Crippen molar-refractivity contribution in [2.45, 2.75) is 18.2 Å². The highest BCUT2D eigenvalue weighted by Crippen LogP contribution is 2.26. The van der Waals surface area contributed by atoms with E-state index in [1.165, 1.54) is 16.0 Å². The normalized spacial score (nSPS) is 10.4. The molecule has 0 radical (unpaired) electrons. The van der Waals surface area contributed by atoms with Crippen LogP contribution in [0.15, 0.2) is 47.6 Å². The third kappa shape index (κ3) is 3.49. The van der Waals surface area contributed by atoms with E-state index >= 15 is 0 Å². The van der Waals surface area contributed by atoms with Crippen LogP contribution in [-0.4, -0.2) is 10.7 Å². The average molecular weight is 244 g/mol. The van der Waals surface area contributed by atoms with Crippen molar-refractivity contribution in [3.8, 4) is 0 Å². The van der Waals surface area contributed by atoms with Crippen LogP contribution in [0.25, 0.3) is 0 Å². The van der Waals surface area contributed by atoms with Gasteiger partial charge in [0.1, 0.15) is 0 Å². The van der Waals surface area contributed by atoms with Crippen LogP contribution in [0.2, 0.25) is 0 Å². The van der Waals surface area contributed by atoms with Gasteiger partial charge in [0.05, 0.1) is 0 Å². The smallest absolute Gasteiger partial charge is 0.0452 e. The number of benzene rings is 1. The summed E-state index contributed by atoms with van der Waals surface area (Å²) in [7, 11) is 0. The minimum atomic E-state index is 0.871. The van der Waals surface area contributed by atoms with Gasteiger partial charge in [-0.2, -0.15) is 0 Å². The third-order valence-corrected chi connectivity index (χ3v) is 3.64. The number of hydrogen-bond acceptors (Lipinski definition) is 3. The fourth-order valence-electron chi connectivity index (χ4n) is 1.59. The van der Waals surface area contributed by atoms with Crippen LogP contribution in [0.3, 0.4) is 0 Å². The molecule has 2 nitrogen and oxygen atoms in total. The van der Waals surface area contributed by atoms with Gasteiger partial charge in [-0.25, -0.2) is 0 Å². The van der Waals surface area contributed by atoms with E-state index in [4.69, 9.17) is 5.73 Å². The second-order valence-electron chi connectivity index (χ2n) is 4.00. The first-order valence-electron chi connectivity index (χ1n) is 5.63. The lowest BCUT2D eigenvalue weighted by Crippen LogP contribution is -1.92. The Bertz CT molecular complexity index is 483. The molecule has 2 rings (SSSR count). The van der Waals surface area contributed by atoms with Crippen LogP contribution in [0.1, 0.15) is 11.1 Å². The van der Waals surface area contributed by atoms with Gasteiger partial charge in [0.2, 0.25) is 0 Å². The summed E-state index contributed by atoms with van der Waals surface area (Å²) in [5.74, 6) is 1.04. The first kappa shape index (κ1) is 12.0. The Morgan fingerprint density at radius 1 is 1.18 bits per heavy atom. The Balaban J connectivity index is 1.92. The van der Waals surface area contributed by atoms with Gasteiger partial charge in [0.25, 0.3) is 0 Å². The Morgan fingerprint density at radius 3 is 2.71 bits per heavy atom. The fraction of sp³-hybridized carbons (Fsp3) is 0.214. The number of nitrogens with zero attached hydrogens (tertiary/aromatic N) is 1. The van der Waals surface area contributed by atoms with Gasteiger partial charge in [-0.1, -0.05) is 6.07 Å². The summed E-state index contributed by atoms with van der Waals surface area (Å²) in [4.78, 5) is 5.19. The van der Waals surface area contributed by atoms with Crippen LogP contribution >= 0.6 is 11.8 Å². The molecule has 0 spiro atoms. The quantitative estimate of drug-likeness (QED) is 0.662. The van der Waals surface area contributed by atoms with Crippen molar-refractivity contribution >= 4 is 17.4 Å². The van der Waals surface area contributed by atoms with Gasteiger partial charge in [0.15, 0.2) is 0 Å². The largest absolute Gasteiger partial charge is 0.398 e. The van der Waals surface area contributed by atoms with Gasteiger partial charge in [-0.15, -0.1) is 11.8 Å². The zero-order valence-electron chi connectivity index (χ0n) is 9.89. The molecule has 1 aromatic carbocycles. The number of aromatic nitrogens is 1. The van der Waals surface area contributed by atoms with E-state index in [-0.39, 0.29) is 0 Å². The molecule has 0 aliphatic carbocycles. The molecular weight excluding hydrogens is 228 g/mol. The molecule has 17 heavy (non-hydrogen) atoms. The summed E-state index contributed by atoms with van der Waals surface area (Å²) >= 11 is 1.81. The second kappa shape index (κ2) is 5.73. The lowest BCUT2D eigenvalue weighted by atomic mass is 10.2. The Kier molecular flexibility index (Phi) is 4.04. The lowest BCUT2D eigenvalue weighted by molar-refractivity contribution is 1.13. The van der Waals surface area contributed by atoms with Crippen molar-refractivity contribution in [2.24, 2.45) is 0 Å². The first-order valence-corrected chi connectivity index (χ1v) is 6.62. The molecule has 2 N–H and O–H groups in total. The summed E-state index contributed by atoms with van der Waals surface area (Å²) in [5, 5.41) is 0. The number of aryl methyl sites for hydroxylation is 2. The zero-order valence-corrected chi connectivity index (χ0v) is 10.7. The van der Waals surface area contributed by atoms with E-state index in [9.17, 15) is 0 Å². The van der Waals surface area contributed by atoms with Crippen LogP contribution in [0.4, 0.5) is 5.69 Å². The zero-order chi connectivity index (χ0) is 12.1. The highest BCUT2D eigenvalue weighted by molar-refractivity contribution is 7.99. The van der Waals surface area contributed by atoms with Crippen LogP contribution in [0, 0.1) is 6.92 Å².